The van der Waals surface area contributed by atoms with Crippen molar-refractivity contribution in [3.8, 4) is 0 Å². The van der Waals surface area contributed by atoms with Crippen LogP contribution in [0, 0.1) is 12.7 Å². The Bertz CT molecular complexity index is 363. The number of hydrogen-bond donors (Lipinski definition) is 0. The lowest BCUT2D eigenvalue weighted by Crippen LogP contribution is -1.99. The molecule has 0 atom stereocenters. The number of carbonyl (C=O) groups is 1. The monoisotopic (exact) mass is 208 g/mol. The van der Waals surface area contributed by atoms with Gasteiger partial charge in [-0.3, -0.25) is 0 Å². The number of hydrogen-bond acceptors (Lipinski definition) is 2. The molecule has 80 valence electrons. The number of esters is 1. The van der Waals surface area contributed by atoms with Gasteiger partial charge in [-0.25, -0.2) is 9.18 Å². The van der Waals surface area contributed by atoms with Gasteiger partial charge in [-0.05, 0) is 31.6 Å². The van der Waals surface area contributed by atoms with E-state index in [1.165, 1.54) is 18.2 Å². The number of carbonyl (C=O) groups excluding carboxylic acids is 1. The van der Waals surface area contributed by atoms with Gasteiger partial charge in [0.25, 0.3) is 0 Å². The molecule has 1 rings (SSSR count). The smallest absolute Gasteiger partial charge is 0.330 e. The molecule has 0 heterocycles. The summed E-state index contributed by atoms with van der Waals surface area (Å²) in [6, 6.07) is 4.78. The average Bonchev–Trinajstić information content (AvgIpc) is 2.17. The van der Waals surface area contributed by atoms with E-state index in [0.29, 0.717) is 12.2 Å². The summed E-state index contributed by atoms with van der Waals surface area (Å²) < 4.78 is 18.0. The van der Waals surface area contributed by atoms with Gasteiger partial charge in [-0.15, -0.1) is 0 Å². The summed E-state index contributed by atoms with van der Waals surface area (Å²) in [5.74, 6) is -0.796. The lowest BCUT2D eigenvalue weighted by Gasteiger charge is -2.01. The fraction of sp³-hybridized carbons (Fsp3) is 0.250. The van der Waals surface area contributed by atoms with Crippen LogP contribution in [0.1, 0.15) is 18.1 Å². The highest BCUT2D eigenvalue weighted by atomic mass is 19.1. The maximum Gasteiger partial charge on any atom is 0.330 e. The quantitative estimate of drug-likeness (QED) is 0.564. The molecule has 1 aromatic rings. The first kappa shape index (κ1) is 11.4. The number of rotatable bonds is 3. The third-order valence-electron chi connectivity index (χ3n) is 1.94. The zero-order valence-corrected chi connectivity index (χ0v) is 8.79. The van der Waals surface area contributed by atoms with Crippen molar-refractivity contribution < 1.29 is 13.9 Å². The molecule has 0 amide bonds. The average molecular weight is 208 g/mol. The van der Waals surface area contributed by atoms with E-state index in [4.69, 9.17) is 4.74 Å². The predicted octanol–water partition coefficient (Wildman–Crippen LogP) is 2.71. The second kappa shape index (κ2) is 5.29. The fourth-order valence-electron chi connectivity index (χ4n) is 1.20. The van der Waals surface area contributed by atoms with Crippen LogP contribution in [-0.4, -0.2) is 12.6 Å². The summed E-state index contributed by atoms with van der Waals surface area (Å²) in [5.41, 5.74) is 1.21. The molecule has 0 radical (unpaired) electrons. The van der Waals surface area contributed by atoms with Gasteiger partial charge in [0.1, 0.15) is 5.82 Å². The Morgan fingerprint density at radius 1 is 1.53 bits per heavy atom. The standard InChI is InChI=1S/C12H13FO2/c1-3-15-12(14)8-7-10-9(2)5-4-6-11(10)13/h4-8H,3H2,1-2H3. The summed E-state index contributed by atoms with van der Waals surface area (Å²) in [6.45, 7) is 3.83. The number of benzene rings is 1. The number of halogens is 1. The van der Waals surface area contributed by atoms with Crippen LogP contribution in [0.15, 0.2) is 24.3 Å². The highest BCUT2D eigenvalue weighted by Gasteiger charge is 2.02. The van der Waals surface area contributed by atoms with E-state index in [9.17, 15) is 9.18 Å². The summed E-state index contributed by atoms with van der Waals surface area (Å²) >= 11 is 0. The highest BCUT2D eigenvalue weighted by Crippen LogP contribution is 2.14. The molecule has 2 nitrogen and oxygen atoms in total. The lowest BCUT2D eigenvalue weighted by atomic mass is 10.1. The van der Waals surface area contributed by atoms with Crippen LogP contribution in [-0.2, 0) is 9.53 Å². The zero-order valence-electron chi connectivity index (χ0n) is 8.79. The summed E-state index contributed by atoms with van der Waals surface area (Å²) in [7, 11) is 0. The van der Waals surface area contributed by atoms with Crippen molar-refractivity contribution in [2.24, 2.45) is 0 Å². The van der Waals surface area contributed by atoms with Crippen molar-refractivity contribution in [1.29, 1.82) is 0 Å². The van der Waals surface area contributed by atoms with Crippen molar-refractivity contribution in [2.75, 3.05) is 6.61 Å². The van der Waals surface area contributed by atoms with E-state index in [2.05, 4.69) is 0 Å². The van der Waals surface area contributed by atoms with Crippen LogP contribution in [0.5, 0.6) is 0 Å². The van der Waals surface area contributed by atoms with Crippen LogP contribution in [0.2, 0.25) is 0 Å². The maximum atomic E-state index is 13.3. The fourth-order valence-corrected chi connectivity index (χ4v) is 1.20. The van der Waals surface area contributed by atoms with Crippen molar-refractivity contribution in [3.63, 3.8) is 0 Å². The third-order valence-corrected chi connectivity index (χ3v) is 1.94. The Balaban J connectivity index is 2.84. The van der Waals surface area contributed by atoms with Crippen molar-refractivity contribution >= 4 is 12.0 Å². The Kier molecular flexibility index (Phi) is 4.03. The van der Waals surface area contributed by atoms with Gasteiger partial charge in [0, 0.05) is 11.6 Å². The van der Waals surface area contributed by atoms with E-state index in [0.717, 1.165) is 5.56 Å². The van der Waals surface area contributed by atoms with Crippen LogP contribution in [0.4, 0.5) is 4.39 Å². The van der Waals surface area contributed by atoms with Gasteiger partial charge >= 0.3 is 5.97 Å². The Morgan fingerprint density at radius 2 is 2.27 bits per heavy atom. The number of aryl methyl sites for hydroxylation is 1. The van der Waals surface area contributed by atoms with E-state index in [1.807, 2.05) is 0 Å². The molecule has 0 unspecified atom stereocenters. The molecule has 0 saturated heterocycles. The molecular weight excluding hydrogens is 195 g/mol. The van der Waals surface area contributed by atoms with Crippen molar-refractivity contribution in [2.45, 2.75) is 13.8 Å². The highest BCUT2D eigenvalue weighted by molar-refractivity contribution is 5.87. The molecule has 0 aliphatic carbocycles. The zero-order chi connectivity index (χ0) is 11.3. The topological polar surface area (TPSA) is 26.3 Å². The van der Waals surface area contributed by atoms with Gasteiger partial charge in [0.05, 0.1) is 6.61 Å². The second-order valence-corrected chi connectivity index (χ2v) is 3.06. The Morgan fingerprint density at radius 3 is 2.87 bits per heavy atom. The van der Waals surface area contributed by atoms with Gasteiger partial charge < -0.3 is 4.74 Å². The molecule has 3 heteroatoms. The first-order valence-electron chi connectivity index (χ1n) is 4.75. The van der Waals surface area contributed by atoms with E-state index >= 15 is 0 Å². The molecule has 15 heavy (non-hydrogen) atoms. The Hall–Kier alpha value is -1.64. The van der Waals surface area contributed by atoms with E-state index in [1.54, 1.807) is 26.0 Å². The minimum Gasteiger partial charge on any atom is -0.463 e. The third kappa shape index (κ3) is 3.20. The predicted molar refractivity (Wildman–Crippen MR) is 56.8 cm³/mol. The molecule has 1 aromatic carbocycles. The molecule has 0 aromatic heterocycles. The van der Waals surface area contributed by atoms with Gasteiger partial charge in [0.15, 0.2) is 0 Å². The van der Waals surface area contributed by atoms with Crippen molar-refractivity contribution in [1.82, 2.24) is 0 Å². The second-order valence-electron chi connectivity index (χ2n) is 3.06. The van der Waals surface area contributed by atoms with Gasteiger partial charge in [-0.2, -0.15) is 0 Å². The summed E-state index contributed by atoms with van der Waals surface area (Å²) in [5, 5.41) is 0. The largest absolute Gasteiger partial charge is 0.463 e. The minimum atomic E-state index is -0.458. The van der Waals surface area contributed by atoms with Crippen molar-refractivity contribution in [3.05, 3.63) is 41.2 Å². The molecule has 0 N–H and O–H groups in total. The molecule has 0 fully saturated rings. The van der Waals surface area contributed by atoms with Crippen LogP contribution in [0.25, 0.3) is 6.08 Å². The van der Waals surface area contributed by atoms with Crippen LogP contribution in [0.3, 0.4) is 0 Å². The summed E-state index contributed by atoms with van der Waals surface area (Å²) in [6.07, 6.45) is 2.66. The van der Waals surface area contributed by atoms with Gasteiger partial charge in [-0.1, -0.05) is 12.1 Å². The van der Waals surface area contributed by atoms with E-state index < -0.39 is 5.97 Å². The normalized spacial score (nSPS) is 10.6. The Labute approximate surface area is 88.4 Å². The molecule has 0 spiro atoms. The van der Waals surface area contributed by atoms with Gasteiger partial charge in [0.2, 0.25) is 0 Å². The molecule has 0 bridgehead atoms. The lowest BCUT2D eigenvalue weighted by molar-refractivity contribution is -0.137. The van der Waals surface area contributed by atoms with E-state index in [-0.39, 0.29) is 5.82 Å². The molecular formula is C12H13FO2. The van der Waals surface area contributed by atoms with Crippen LogP contribution >= 0.6 is 0 Å². The van der Waals surface area contributed by atoms with Crippen LogP contribution < -0.4 is 0 Å². The minimum absolute atomic E-state index is 0.319. The molecule has 0 saturated carbocycles. The SMILES string of the molecule is CCOC(=O)C=Cc1c(C)cccc1F. The first-order valence-corrected chi connectivity index (χ1v) is 4.75. The molecule has 0 aliphatic rings. The first-order chi connectivity index (χ1) is 7.15. The molecule has 0 aliphatic heterocycles. The summed E-state index contributed by atoms with van der Waals surface area (Å²) in [4.78, 5) is 11.0. The number of ether oxygens (including phenoxy) is 1. The maximum absolute atomic E-state index is 13.3.